The van der Waals surface area contributed by atoms with E-state index in [1.165, 1.54) is 31.5 Å². The first-order chi connectivity index (χ1) is 10.7. The Balaban J connectivity index is 1.45. The number of nitrogens with one attached hydrogen (secondary N) is 2. The Morgan fingerprint density at radius 2 is 2.00 bits per heavy atom. The molecule has 120 valence electrons. The van der Waals surface area contributed by atoms with Crippen molar-refractivity contribution in [3.05, 3.63) is 35.9 Å². The monoisotopic (exact) mass is 301 g/mol. The normalized spacial score (nSPS) is 27.8. The maximum atomic E-state index is 10.9. The van der Waals surface area contributed by atoms with Crippen molar-refractivity contribution in [3.63, 3.8) is 0 Å². The average molecular weight is 301 g/mol. The van der Waals surface area contributed by atoms with Gasteiger partial charge in [-0.3, -0.25) is 9.69 Å². The Hall–Kier alpha value is -1.39. The molecule has 1 heterocycles. The number of carbonyl (C=O) groups excluding carboxylic acids is 1. The summed E-state index contributed by atoms with van der Waals surface area (Å²) in [5.74, 6) is 1.68. The van der Waals surface area contributed by atoms with Crippen molar-refractivity contribution in [2.75, 3.05) is 26.2 Å². The molecule has 1 aliphatic heterocycles. The quantitative estimate of drug-likeness (QED) is 0.785. The highest BCUT2D eigenvalue weighted by Crippen LogP contribution is 2.38. The molecule has 1 aliphatic carbocycles. The summed E-state index contributed by atoms with van der Waals surface area (Å²) >= 11 is 0. The lowest BCUT2D eigenvalue weighted by Gasteiger charge is -2.22. The highest BCUT2D eigenvalue weighted by atomic mass is 16.1. The molecule has 22 heavy (non-hydrogen) atoms. The molecule has 0 bridgehead atoms. The summed E-state index contributed by atoms with van der Waals surface area (Å²) in [5, 5.41) is 6.51. The molecular formula is C18H27N3O. The minimum Gasteiger partial charge on any atom is -0.355 e. The van der Waals surface area contributed by atoms with Crippen molar-refractivity contribution in [3.8, 4) is 0 Å². The van der Waals surface area contributed by atoms with Crippen LogP contribution in [0.15, 0.2) is 30.3 Å². The van der Waals surface area contributed by atoms with Crippen LogP contribution in [0.5, 0.6) is 0 Å². The second-order valence-electron chi connectivity index (χ2n) is 6.72. The number of carbonyl (C=O) groups is 1. The Morgan fingerprint density at radius 3 is 2.77 bits per heavy atom. The van der Waals surface area contributed by atoms with E-state index in [4.69, 9.17) is 0 Å². The number of benzene rings is 1. The van der Waals surface area contributed by atoms with E-state index in [1.54, 1.807) is 6.92 Å². The Morgan fingerprint density at radius 1 is 1.18 bits per heavy atom. The largest absolute Gasteiger partial charge is 0.355 e. The minimum atomic E-state index is 0.0565. The van der Waals surface area contributed by atoms with Gasteiger partial charge in [0.05, 0.1) is 0 Å². The third-order valence-corrected chi connectivity index (χ3v) is 5.09. The zero-order chi connectivity index (χ0) is 15.4. The number of amides is 1. The van der Waals surface area contributed by atoms with Crippen molar-refractivity contribution < 1.29 is 4.79 Å². The molecule has 1 saturated heterocycles. The third-order valence-electron chi connectivity index (χ3n) is 5.09. The van der Waals surface area contributed by atoms with Gasteiger partial charge in [0.25, 0.3) is 0 Å². The first-order valence-electron chi connectivity index (χ1n) is 8.46. The van der Waals surface area contributed by atoms with Crippen LogP contribution in [0.2, 0.25) is 0 Å². The summed E-state index contributed by atoms with van der Waals surface area (Å²) in [7, 11) is 0. The maximum Gasteiger partial charge on any atom is 0.216 e. The lowest BCUT2D eigenvalue weighted by atomic mass is 9.98. The predicted octanol–water partition coefficient (Wildman–Crippen LogP) is 1.62. The number of fused-ring (bicyclic) bond motifs is 1. The van der Waals surface area contributed by atoms with E-state index in [2.05, 4.69) is 45.9 Å². The fraction of sp³-hybridized carbons (Fsp3) is 0.611. The van der Waals surface area contributed by atoms with Crippen LogP contribution >= 0.6 is 0 Å². The lowest BCUT2D eigenvalue weighted by molar-refractivity contribution is -0.118. The van der Waals surface area contributed by atoms with Crippen molar-refractivity contribution in [2.45, 2.75) is 32.4 Å². The van der Waals surface area contributed by atoms with Crippen LogP contribution < -0.4 is 10.6 Å². The molecule has 2 aliphatic rings. The Kier molecular flexibility index (Phi) is 5.11. The second-order valence-corrected chi connectivity index (χ2v) is 6.72. The molecule has 1 saturated carbocycles. The summed E-state index contributed by atoms with van der Waals surface area (Å²) in [6, 6.07) is 11.4. The Labute approximate surface area is 133 Å². The van der Waals surface area contributed by atoms with E-state index in [-0.39, 0.29) is 5.91 Å². The van der Waals surface area contributed by atoms with Crippen LogP contribution in [-0.4, -0.2) is 43.0 Å². The van der Waals surface area contributed by atoms with Gasteiger partial charge < -0.3 is 10.6 Å². The highest BCUT2D eigenvalue weighted by Gasteiger charge is 2.41. The van der Waals surface area contributed by atoms with Crippen LogP contribution in [0.3, 0.4) is 0 Å². The van der Waals surface area contributed by atoms with Gasteiger partial charge in [-0.15, -0.1) is 0 Å². The predicted molar refractivity (Wildman–Crippen MR) is 88.4 cm³/mol. The first-order valence-corrected chi connectivity index (χ1v) is 8.46. The van der Waals surface area contributed by atoms with Gasteiger partial charge in [-0.25, -0.2) is 0 Å². The maximum absolute atomic E-state index is 10.9. The molecular weight excluding hydrogens is 274 g/mol. The zero-order valence-corrected chi connectivity index (χ0v) is 13.4. The molecule has 1 amide bonds. The number of likely N-dealkylation sites (tertiary alicyclic amines) is 1. The molecule has 4 heteroatoms. The number of hydrogen-bond donors (Lipinski definition) is 2. The Bertz CT molecular complexity index is 490. The molecule has 2 N–H and O–H groups in total. The summed E-state index contributed by atoms with van der Waals surface area (Å²) in [6.07, 6.45) is 2.63. The van der Waals surface area contributed by atoms with Crippen LogP contribution in [0.25, 0.3) is 0 Å². The molecule has 2 fully saturated rings. The van der Waals surface area contributed by atoms with Crippen molar-refractivity contribution in [1.82, 2.24) is 15.5 Å². The molecule has 0 unspecified atom stereocenters. The van der Waals surface area contributed by atoms with Crippen LogP contribution in [0.1, 0.15) is 25.3 Å². The van der Waals surface area contributed by atoms with Gasteiger partial charge in [0, 0.05) is 45.7 Å². The third kappa shape index (κ3) is 3.87. The first kappa shape index (κ1) is 15.5. The summed E-state index contributed by atoms with van der Waals surface area (Å²) in [4.78, 5) is 13.5. The fourth-order valence-electron chi connectivity index (χ4n) is 4.08. The van der Waals surface area contributed by atoms with Gasteiger partial charge in [0.15, 0.2) is 0 Å². The highest BCUT2D eigenvalue weighted by molar-refractivity contribution is 5.72. The van der Waals surface area contributed by atoms with Crippen LogP contribution in [0, 0.1) is 11.8 Å². The van der Waals surface area contributed by atoms with Gasteiger partial charge >= 0.3 is 0 Å². The van der Waals surface area contributed by atoms with Gasteiger partial charge in [0.1, 0.15) is 0 Å². The number of hydrogen-bond acceptors (Lipinski definition) is 3. The summed E-state index contributed by atoms with van der Waals surface area (Å²) in [6.45, 7) is 6.71. The molecule has 4 nitrogen and oxygen atoms in total. The van der Waals surface area contributed by atoms with E-state index < -0.39 is 0 Å². The SMILES string of the molecule is CC(=O)NCCN[C@@H]1CC[C@H]2CN(Cc3ccccc3)C[C@@H]21. The van der Waals surface area contributed by atoms with Crippen molar-refractivity contribution in [2.24, 2.45) is 11.8 Å². The van der Waals surface area contributed by atoms with E-state index in [0.717, 1.165) is 31.5 Å². The van der Waals surface area contributed by atoms with Gasteiger partial charge in [-0.2, -0.15) is 0 Å². The van der Waals surface area contributed by atoms with E-state index in [0.29, 0.717) is 6.04 Å². The average Bonchev–Trinajstić information content (AvgIpc) is 3.05. The zero-order valence-electron chi connectivity index (χ0n) is 13.4. The van der Waals surface area contributed by atoms with Crippen LogP contribution in [-0.2, 0) is 11.3 Å². The smallest absolute Gasteiger partial charge is 0.216 e. The van der Waals surface area contributed by atoms with Crippen LogP contribution in [0.4, 0.5) is 0 Å². The second kappa shape index (κ2) is 7.25. The molecule has 0 spiro atoms. The van der Waals surface area contributed by atoms with Crippen molar-refractivity contribution in [1.29, 1.82) is 0 Å². The standard InChI is InChI=1S/C18H27N3O/c1-14(22)19-9-10-20-18-8-7-16-12-21(13-17(16)18)11-15-5-3-2-4-6-15/h2-6,16-18,20H,7-13H2,1H3,(H,19,22)/t16-,17-,18+/m0/s1. The molecule has 0 aromatic heterocycles. The minimum absolute atomic E-state index is 0.0565. The number of nitrogens with zero attached hydrogens (tertiary/aromatic N) is 1. The van der Waals surface area contributed by atoms with E-state index in [9.17, 15) is 4.79 Å². The van der Waals surface area contributed by atoms with Crippen molar-refractivity contribution >= 4 is 5.91 Å². The topological polar surface area (TPSA) is 44.4 Å². The molecule has 1 aromatic carbocycles. The fourth-order valence-corrected chi connectivity index (χ4v) is 4.08. The van der Waals surface area contributed by atoms with E-state index >= 15 is 0 Å². The van der Waals surface area contributed by atoms with Gasteiger partial charge in [-0.05, 0) is 30.2 Å². The molecule has 0 radical (unpaired) electrons. The molecule has 1 aromatic rings. The molecule has 3 rings (SSSR count). The summed E-state index contributed by atoms with van der Waals surface area (Å²) in [5.41, 5.74) is 1.41. The summed E-state index contributed by atoms with van der Waals surface area (Å²) < 4.78 is 0. The number of rotatable bonds is 6. The van der Waals surface area contributed by atoms with Gasteiger partial charge in [-0.1, -0.05) is 30.3 Å². The van der Waals surface area contributed by atoms with E-state index in [1.807, 2.05) is 0 Å². The van der Waals surface area contributed by atoms with Gasteiger partial charge in [0.2, 0.25) is 5.91 Å². The lowest BCUT2D eigenvalue weighted by Crippen LogP contribution is -2.40. The molecule has 3 atom stereocenters.